The summed E-state index contributed by atoms with van der Waals surface area (Å²) >= 11 is 1.58. The Morgan fingerprint density at radius 1 is 1.60 bits per heavy atom. The first-order valence-electron chi connectivity index (χ1n) is 4.70. The fraction of sp³-hybridized carbons (Fsp3) is 0.500. The normalized spacial score (nSPS) is 10.2. The summed E-state index contributed by atoms with van der Waals surface area (Å²) in [4.78, 5) is 12.2. The molecule has 0 aliphatic carbocycles. The lowest BCUT2D eigenvalue weighted by Gasteiger charge is -2.04. The number of hydrogen-bond acceptors (Lipinski definition) is 5. The van der Waals surface area contributed by atoms with Crippen molar-refractivity contribution in [2.45, 2.75) is 6.61 Å². The van der Waals surface area contributed by atoms with Crippen molar-refractivity contribution in [1.82, 2.24) is 5.32 Å². The largest absolute Gasteiger partial charge is 0.459 e. The Bertz CT molecular complexity index is 274. The fourth-order valence-electron chi connectivity index (χ4n) is 0.962. The van der Waals surface area contributed by atoms with Gasteiger partial charge in [0, 0.05) is 18.5 Å². The highest BCUT2D eigenvalue weighted by Gasteiger charge is 2.02. The molecule has 0 atom stereocenters. The van der Waals surface area contributed by atoms with E-state index in [0.29, 0.717) is 19.8 Å². The van der Waals surface area contributed by atoms with E-state index in [9.17, 15) is 4.79 Å². The molecule has 4 nitrogen and oxygen atoms in total. The van der Waals surface area contributed by atoms with Crippen LogP contribution in [0.2, 0.25) is 0 Å². The van der Waals surface area contributed by atoms with E-state index in [2.05, 4.69) is 5.32 Å². The molecule has 0 aliphatic rings. The molecule has 1 N–H and O–H groups in total. The monoisotopic (exact) mass is 229 g/mol. The van der Waals surface area contributed by atoms with E-state index < -0.39 is 0 Å². The van der Waals surface area contributed by atoms with Crippen molar-refractivity contribution < 1.29 is 14.3 Å². The molecule has 1 heterocycles. The second-order valence-electron chi connectivity index (χ2n) is 2.91. The van der Waals surface area contributed by atoms with Gasteiger partial charge in [0.15, 0.2) is 0 Å². The molecule has 5 heteroatoms. The molecular weight excluding hydrogens is 214 g/mol. The number of thiophene rings is 1. The maximum Gasteiger partial charge on any atom is 0.320 e. The van der Waals surface area contributed by atoms with Crippen molar-refractivity contribution in [3.63, 3.8) is 0 Å². The summed E-state index contributed by atoms with van der Waals surface area (Å²) in [5.41, 5.74) is 0. The quantitative estimate of drug-likeness (QED) is 0.560. The van der Waals surface area contributed by atoms with Gasteiger partial charge in [0.25, 0.3) is 0 Å². The van der Waals surface area contributed by atoms with Crippen LogP contribution in [0.3, 0.4) is 0 Å². The van der Waals surface area contributed by atoms with Gasteiger partial charge in [-0.1, -0.05) is 6.07 Å². The van der Waals surface area contributed by atoms with Crippen LogP contribution in [0.4, 0.5) is 0 Å². The van der Waals surface area contributed by atoms with E-state index in [0.717, 1.165) is 4.88 Å². The molecule has 0 saturated heterocycles. The summed E-state index contributed by atoms with van der Waals surface area (Å²) in [6, 6.07) is 3.88. The molecule has 0 bridgehead atoms. The zero-order valence-corrected chi connectivity index (χ0v) is 9.51. The van der Waals surface area contributed by atoms with Gasteiger partial charge in [-0.05, 0) is 11.4 Å². The van der Waals surface area contributed by atoms with Gasteiger partial charge < -0.3 is 14.8 Å². The van der Waals surface area contributed by atoms with E-state index in [1.54, 1.807) is 18.4 Å². The van der Waals surface area contributed by atoms with Crippen LogP contribution in [-0.2, 0) is 20.9 Å². The zero-order chi connectivity index (χ0) is 10.9. The van der Waals surface area contributed by atoms with Crippen LogP contribution in [-0.4, -0.2) is 32.8 Å². The summed E-state index contributed by atoms with van der Waals surface area (Å²) in [6.45, 7) is 1.85. The predicted octanol–water partition coefficient (Wildman–Crippen LogP) is 1.03. The number of carbonyl (C=O) groups excluding carboxylic acids is 1. The molecule has 1 rings (SSSR count). The average molecular weight is 229 g/mol. The Labute approximate surface area is 93.2 Å². The summed E-state index contributed by atoms with van der Waals surface area (Å²) in [5, 5.41) is 4.88. The maximum absolute atomic E-state index is 11.2. The number of methoxy groups -OCH3 is 1. The lowest BCUT2D eigenvalue weighted by atomic mass is 10.5. The van der Waals surface area contributed by atoms with Gasteiger partial charge in [-0.2, -0.15) is 0 Å². The molecule has 1 aromatic rings. The first-order chi connectivity index (χ1) is 7.33. The SMILES string of the molecule is COCCNCC(=O)OCc1cccs1. The zero-order valence-electron chi connectivity index (χ0n) is 8.69. The number of ether oxygens (including phenoxy) is 2. The van der Waals surface area contributed by atoms with Crippen LogP contribution in [0.25, 0.3) is 0 Å². The summed E-state index contributed by atoms with van der Waals surface area (Å²) < 4.78 is 9.86. The van der Waals surface area contributed by atoms with Gasteiger partial charge in [-0.3, -0.25) is 4.79 Å². The first-order valence-corrected chi connectivity index (χ1v) is 5.58. The number of hydrogen-bond donors (Lipinski definition) is 1. The third kappa shape index (κ3) is 5.51. The van der Waals surface area contributed by atoms with E-state index >= 15 is 0 Å². The van der Waals surface area contributed by atoms with Crippen molar-refractivity contribution in [2.24, 2.45) is 0 Å². The van der Waals surface area contributed by atoms with Gasteiger partial charge in [-0.25, -0.2) is 0 Å². The summed E-state index contributed by atoms with van der Waals surface area (Å²) in [6.07, 6.45) is 0. The van der Waals surface area contributed by atoms with Crippen LogP contribution < -0.4 is 5.32 Å². The first kappa shape index (κ1) is 12.2. The Morgan fingerprint density at radius 3 is 3.13 bits per heavy atom. The molecule has 0 unspecified atom stereocenters. The van der Waals surface area contributed by atoms with Gasteiger partial charge >= 0.3 is 5.97 Å². The van der Waals surface area contributed by atoms with Crippen LogP contribution >= 0.6 is 11.3 Å². The van der Waals surface area contributed by atoms with E-state index in [1.807, 2.05) is 17.5 Å². The Balaban J connectivity index is 2.04. The highest BCUT2D eigenvalue weighted by atomic mass is 32.1. The molecule has 84 valence electrons. The minimum Gasteiger partial charge on any atom is -0.459 e. The summed E-state index contributed by atoms with van der Waals surface area (Å²) in [7, 11) is 1.62. The third-order valence-corrected chi connectivity index (χ3v) is 2.56. The standard InChI is InChI=1S/C10H15NO3S/c1-13-5-4-11-7-10(12)14-8-9-3-2-6-15-9/h2-3,6,11H,4-5,7-8H2,1H3. The van der Waals surface area contributed by atoms with Crippen molar-refractivity contribution in [3.8, 4) is 0 Å². The van der Waals surface area contributed by atoms with Crippen molar-refractivity contribution in [3.05, 3.63) is 22.4 Å². The number of rotatable bonds is 7. The number of carbonyl (C=O) groups is 1. The van der Waals surface area contributed by atoms with E-state index in [4.69, 9.17) is 9.47 Å². The molecule has 0 amide bonds. The van der Waals surface area contributed by atoms with Gasteiger partial charge in [0.2, 0.25) is 0 Å². The Hall–Kier alpha value is -0.910. The lowest BCUT2D eigenvalue weighted by molar-refractivity contribution is -0.143. The van der Waals surface area contributed by atoms with Gasteiger partial charge in [0.1, 0.15) is 6.61 Å². The van der Waals surface area contributed by atoms with Gasteiger partial charge in [0.05, 0.1) is 13.2 Å². The lowest BCUT2D eigenvalue weighted by Crippen LogP contribution is -2.27. The second kappa shape index (κ2) is 7.39. The van der Waals surface area contributed by atoms with Crippen molar-refractivity contribution in [1.29, 1.82) is 0 Å². The fourth-order valence-corrected chi connectivity index (χ4v) is 1.58. The molecule has 0 aromatic carbocycles. The van der Waals surface area contributed by atoms with Crippen LogP contribution in [0.5, 0.6) is 0 Å². The minimum absolute atomic E-state index is 0.231. The van der Waals surface area contributed by atoms with Gasteiger partial charge in [-0.15, -0.1) is 11.3 Å². The average Bonchev–Trinajstić information content (AvgIpc) is 2.74. The van der Waals surface area contributed by atoms with E-state index in [-0.39, 0.29) is 12.5 Å². The van der Waals surface area contributed by atoms with Crippen molar-refractivity contribution in [2.75, 3.05) is 26.8 Å². The molecule has 1 aromatic heterocycles. The molecule has 0 saturated carbocycles. The molecule has 0 aliphatic heterocycles. The topological polar surface area (TPSA) is 47.6 Å². The number of esters is 1. The number of nitrogens with one attached hydrogen (secondary N) is 1. The van der Waals surface area contributed by atoms with Crippen molar-refractivity contribution >= 4 is 17.3 Å². The van der Waals surface area contributed by atoms with Crippen LogP contribution in [0, 0.1) is 0 Å². The second-order valence-corrected chi connectivity index (χ2v) is 3.94. The smallest absolute Gasteiger partial charge is 0.320 e. The molecule has 15 heavy (non-hydrogen) atoms. The third-order valence-electron chi connectivity index (χ3n) is 1.71. The minimum atomic E-state index is -0.237. The molecular formula is C10H15NO3S. The Kier molecular flexibility index (Phi) is 5.99. The van der Waals surface area contributed by atoms with Crippen LogP contribution in [0.1, 0.15) is 4.88 Å². The van der Waals surface area contributed by atoms with E-state index in [1.165, 1.54) is 0 Å². The highest BCUT2D eigenvalue weighted by Crippen LogP contribution is 2.09. The van der Waals surface area contributed by atoms with Crippen LogP contribution in [0.15, 0.2) is 17.5 Å². The summed E-state index contributed by atoms with van der Waals surface area (Å²) in [5.74, 6) is -0.237. The molecule has 0 radical (unpaired) electrons. The Morgan fingerprint density at radius 2 is 2.47 bits per heavy atom. The maximum atomic E-state index is 11.2. The highest BCUT2D eigenvalue weighted by molar-refractivity contribution is 7.09. The molecule has 0 fully saturated rings. The predicted molar refractivity (Wildman–Crippen MR) is 58.9 cm³/mol. The molecule has 0 spiro atoms.